The van der Waals surface area contributed by atoms with Crippen molar-refractivity contribution in [1.82, 2.24) is 9.88 Å². The largest absolute Gasteiger partial charge is 0.481 e. The summed E-state index contributed by atoms with van der Waals surface area (Å²) in [6.07, 6.45) is 2.08. The molecule has 0 unspecified atom stereocenters. The van der Waals surface area contributed by atoms with Crippen LogP contribution in [0.5, 0.6) is 5.75 Å². The van der Waals surface area contributed by atoms with Crippen molar-refractivity contribution in [2.45, 2.75) is 32.9 Å². The fraction of sp³-hybridized carbons (Fsp3) is 0.538. The summed E-state index contributed by atoms with van der Waals surface area (Å²) < 4.78 is 21.1. The Morgan fingerprint density at radius 2 is 2.26 bits per heavy atom. The van der Waals surface area contributed by atoms with Gasteiger partial charge in [-0.2, -0.15) is 0 Å². The van der Waals surface area contributed by atoms with Crippen molar-refractivity contribution in [3.8, 4) is 5.75 Å². The van der Waals surface area contributed by atoms with Gasteiger partial charge in [-0.25, -0.2) is 4.57 Å². The molecule has 1 aliphatic heterocycles. The molecule has 2 rings (SSSR count). The number of fused-ring (bicyclic) bond motifs is 1. The van der Waals surface area contributed by atoms with Gasteiger partial charge in [-0.05, 0) is 13.3 Å². The van der Waals surface area contributed by atoms with E-state index in [4.69, 9.17) is 19.6 Å². The molecule has 0 bridgehead atoms. The molecule has 1 aromatic rings. The van der Waals surface area contributed by atoms with E-state index in [1.807, 2.05) is 4.90 Å². The van der Waals surface area contributed by atoms with Crippen LogP contribution in [0.1, 0.15) is 29.7 Å². The Bertz CT molecular complexity index is 631. The number of phosphoric acid groups is 1. The van der Waals surface area contributed by atoms with E-state index in [9.17, 15) is 9.36 Å². The molecule has 128 valence electrons. The number of hydrogen-bond acceptors (Lipinski definition) is 6. The summed E-state index contributed by atoms with van der Waals surface area (Å²) in [5, 5.41) is 8.68. The first kappa shape index (κ1) is 17.8. The Kier molecular flexibility index (Phi) is 5.72. The summed E-state index contributed by atoms with van der Waals surface area (Å²) in [5.41, 5.74) is 1.98. The molecule has 10 heteroatoms. The van der Waals surface area contributed by atoms with Crippen molar-refractivity contribution >= 4 is 13.8 Å². The SMILES string of the molecule is Cc1ncc(COP(=O)(O)O)c2c1OCN(CCCC(=O)O)C2. The van der Waals surface area contributed by atoms with E-state index in [2.05, 4.69) is 9.51 Å². The lowest BCUT2D eigenvalue weighted by Crippen LogP contribution is -2.34. The van der Waals surface area contributed by atoms with E-state index in [0.717, 1.165) is 5.56 Å². The Morgan fingerprint density at radius 3 is 2.91 bits per heavy atom. The van der Waals surface area contributed by atoms with Crippen LogP contribution in [0.3, 0.4) is 0 Å². The molecule has 1 aromatic heterocycles. The van der Waals surface area contributed by atoms with Crippen molar-refractivity contribution in [2.24, 2.45) is 0 Å². The predicted molar refractivity (Wildman–Crippen MR) is 78.6 cm³/mol. The van der Waals surface area contributed by atoms with Gasteiger partial charge in [0.15, 0.2) is 0 Å². The molecule has 23 heavy (non-hydrogen) atoms. The molecule has 0 spiro atoms. The van der Waals surface area contributed by atoms with Gasteiger partial charge in [-0.1, -0.05) is 0 Å². The maximum Gasteiger partial charge on any atom is 0.469 e. The lowest BCUT2D eigenvalue weighted by Gasteiger charge is -2.30. The highest BCUT2D eigenvalue weighted by Gasteiger charge is 2.24. The molecule has 0 aliphatic carbocycles. The van der Waals surface area contributed by atoms with Crippen molar-refractivity contribution in [3.63, 3.8) is 0 Å². The second kappa shape index (κ2) is 7.37. The van der Waals surface area contributed by atoms with Crippen molar-refractivity contribution in [2.75, 3.05) is 13.3 Å². The minimum Gasteiger partial charge on any atom is -0.481 e. The lowest BCUT2D eigenvalue weighted by atomic mass is 10.1. The summed E-state index contributed by atoms with van der Waals surface area (Å²) in [7, 11) is -4.57. The van der Waals surface area contributed by atoms with Crippen LogP contribution < -0.4 is 4.74 Å². The summed E-state index contributed by atoms with van der Waals surface area (Å²) >= 11 is 0. The number of carbonyl (C=O) groups is 1. The Balaban J connectivity index is 2.10. The number of phosphoric ester groups is 1. The number of rotatable bonds is 7. The highest BCUT2D eigenvalue weighted by molar-refractivity contribution is 7.46. The molecule has 0 radical (unpaired) electrons. The maximum atomic E-state index is 10.9. The van der Waals surface area contributed by atoms with Gasteiger partial charge in [0.2, 0.25) is 0 Å². The average Bonchev–Trinajstić information content (AvgIpc) is 2.45. The Hall–Kier alpha value is -1.51. The number of nitrogens with zero attached hydrogens (tertiary/aromatic N) is 2. The number of carboxylic acid groups (broad SMARTS) is 1. The Labute approximate surface area is 133 Å². The summed E-state index contributed by atoms with van der Waals surface area (Å²) in [5.74, 6) is -0.259. The first-order chi connectivity index (χ1) is 10.8. The van der Waals surface area contributed by atoms with Crippen LogP contribution in [0.2, 0.25) is 0 Å². The quantitative estimate of drug-likeness (QED) is 0.619. The monoisotopic (exact) mass is 346 g/mol. The lowest BCUT2D eigenvalue weighted by molar-refractivity contribution is -0.137. The van der Waals surface area contributed by atoms with Crippen LogP contribution >= 0.6 is 7.82 Å². The highest BCUT2D eigenvalue weighted by atomic mass is 31.2. The summed E-state index contributed by atoms with van der Waals surface area (Å²) in [6.45, 7) is 2.86. The number of aryl methyl sites for hydroxylation is 1. The van der Waals surface area contributed by atoms with E-state index >= 15 is 0 Å². The summed E-state index contributed by atoms with van der Waals surface area (Å²) in [4.78, 5) is 34.3. The standard InChI is InChI=1S/C13H19N2O7P/c1-9-13-11(10(5-14-9)7-22-23(18,19)20)6-15(8-21-13)4-2-3-12(16)17/h5H,2-4,6-8H2,1H3,(H,16,17)(H2,18,19,20). The van der Waals surface area contributed by atoms with Crippen LogP contribution in [-0.2, 0) is 27.0 Å². The maximum absolute atomic E-state index is 10.9. The molecule has 0 atom stereocenters. The van der Waals surface area contributed by atoms with E-state index in [0.29, 0.717) is 43.2 Å². The van der Waals surface area contributed by atoms with Gasteiger partial charge < -0.3 is 19.6 Å². The third-order valence-electron chi connectivity index (χ3n) is 3.43. The molecule has 0 saturated carbocycles. The molecule has 0 fully saturated rings. The second-order valence-electron chi connectivity index (χ2n) is 5.26. The fourth-order valence-electron chi connectivity index (χ4n) is 2.34. The van der Waals surface area contributed by atoms with Gasteiger partial charge >= 0.3 is 13.8 Å². The van der Waals surface area contributed by atoms with Crippen molar-refractivity contribution < 1.29 is 33.5 Å². The van der Waals surface area contributed by atoms with Gasteiger partial charge in [0.05, 0.1) is 12.3 Å². The normalized spacial score (nSPS) is 15.1. The number of carboxylic acids is 1. The molecule has 3 N–H and O–H groups in total. The van der Waals surface area contributed by atoms with E-state index < -0.39 is 13.8 Å². The summed E-state index contributed by atoms with van der Waals surface area (Å²) in [6, 6.07) is 0. The highest BCUT2D eigenvalue weighted by Crippen LogP contribution is 2.38. The molecule has 0 saturated heterocycles. The zero-order valence-electron chi connectivity index (χ0n) is 12.6. The first-order valence-corrected chi connectivity index (χ1v) is 8.53. The van der Waals surface area contributed by atoms with Crippen molar-refractivity contribution in [3.05, 3.63) is 23.0 Å². The predicted octanol–water partition coefficient (Wildman–Crippen LogP) is 1.02. The number of aromatic nitrogens is 1. The van der Waals surface area contributed by atoms with Crippen molar-refractivity contribution in [1.29, 1.82) is 0 Å². The molecular weight excluding hydrogens is 327 g/mol. The topological polar surface area (TPSA) is 129 Å². The first-order valence-electron chi connectivity index (χ1n) is 7.00. The van der Waals surface area contributed by atoms with Crippen LogP contribution in [-0.4, -0.2) is 44.0 Å². The van der Waals surface area contributed by atoms with Gasteiger partial charge in [0, 0.05) is 36.8 Å². The third-order valence-corrected chi connectivity index (χ3v) is 3.90. The third kappa shape index (κ3) is 5.26. The zero-order chi connectivity index (χ0) is 17.0. The van der Waals surface area contributed by atoms with Gasteiger partial charge in [0.1, 0.15) is 12.5 Å². The van der Waals surface area contributed by atoms with E-state index in [1.54, 1.807) is 6.92 Å². The number of aliphatic carboxylic acids is 1. The van der Waals surface area contributed by atoms with E-state index in [1.165, 1.54) is 6.20 Å². The second-order valence-corrected chi connectivity index (χ2v) is 6.50. The minimum absolute atomic E-state index is 0.0763. The number of hydrogen-bond donors (Lipinski definition) is 3. The molecule has 0 amide bonds. The van der Waals surface area contributed by atoms with E-state index in [-0.39, 0.29) is 13.0 Å². The zero-order valence-corrected chi connectivity index (χ0v) is 13.5. The molecular formula is C13H19N2O7P. The number of ether oxygens (including phenoxy) is 1. The van der Waals surface area contributed by atoms with Gasteiger partial charge in [0.25, 0.3) is 0 Å². The molecule has 9 nitrogen and oxygen atoms in total. The van der Waals surface area contributed by atoms with Crippen LogP contribution in [0.25, 0.3) is 0 Å². The molecule has 1 aliphatic rings. The Morgan fingerprint density at radius 1 is 1.52 bits per heavy atom. The van der Waals surface area contributed by atoms with Crippen LogP contribution in [0.4, 0.5) is 0 Å². The molecule has 0 aromatic carbocycles. The smallest absolute Gasteiger partial charge is 0.469 e. The fourth-order valence-corrected chi connectivity index (χ4v) is 2.65. The van der Waals surface area contributed by atoms with Gasteiger partial charge in [-0.15, -0.1) is 0 Å². The molecule has 2 heterocycles. The average molecular weight is 346 g/mol. The van der Waals surface area contributed by atoms with Crippen LogP contribution in [0.15, 0.2) is 6.20 Å². The van der Waals surface area contributed by atoms with Crippen LogP contribution in [0, 0.1) is 6.92 Å². The van der Waals surface area contributed by atoms with Gasteiger partial charge in [-0.3, -0.25) is 19.2 Å². The minimum atomic E-state index is -4.57. The number of pyridine rings is 1.